The van der Waals surface area contributed by atoms with Crippen molar-refractivity contribution in [1.29, 1.82) is 5.26 Å². The van der Waals surface area contributed by atoms with Crippen molar-refractivity contribution < 1.29 is 27.4 Å². The Hall–Kier alpha value is -4.00. The second-order valence-corrected chi connectivity index (χ2v) is 20.5. The molecule has 1 aromatic carbocycles. The van der Waals surface area contributed by atoms with Crippen molar-refractivity contribution in [2.24, 2.45) is 0 Å². The second-order valence-electron chi connectivity index (χ2n) is 12.9. The van der Waals surface area contributed by atoms with Crippen LogP contribution < -0.4 is 14.8 Å². The smallest absolute Gasteiger partial charge is 0.306 e. The van der Waals surface area contributed by atoms with E-state index in [0.29, 0.717) is 66.9 Å². The quantitative estimate of drug-likeness (QED) is 0.0992. The van der Waals surface area contributed by atoms with E-state index in [1.54, 1.807) is 35.9 Å². The predicted octanol–water partition coefficient (Wildman–Crippen LogP) is 5.92. The Morgan fingerprint density at radius 1 is 1.07 bits per heavy atom. The average molecular weight is 672 g/mol. The summed E-state index contributed by atoms with van der Waals surface area (Å²) >= 11 is 0. The van der Waals surface area contributed by atoms with Gasteiger partial charge in [-0.15, -0.1) is 0 Å². The highest BCUT2D eigenvalue weighted by Crippen LogP contribution is 2.31. The fraction of sp³-hybridized carbons (Fsp3) is 0.516. The predicted molar refractivity (Wildman–Crippen MR) is 180 cm³/mol. The zero-order valence-corrected chi connectivity index (χ0v) is 29.5. The largest absolute Gasteiger partial charge is 0.477 e. The first kappa shape index (κ1) is 36.5. The summed E-state index contributed by atoms with van der Waals surface area (Å²) in [6, 6.07) is 9.87. The number of hydrogen-bond acceptors (Lipinski definition) is 11. The number of carbonyl (C=O) groups is 1. The number of benzene rings is 1. The van der Waals surface area contributed by atoms with Crippen LogP contribution in [-0.4, -0.2) is 66.8 Å². The first-order valence-electron chi connectivity index (χ1n) is 15.2. The Bertz CT molecular complexity index is 1590. The third-order valence-corrected chi connectivity index (χ3v) is 9.42. The van der Waals surface area contributed by atoms with Crippen LogP contribution in [0.2, 0.25) is 25.7 Å². The summed E-state index contributed by atoms with van der Waals surface area (Å²) in [6.45, 7) is 14.9. The molecule has 250 valence electrons. The van der Waals surface area contributed by atoms with Gasteiger partial charge in [0.25, 0.3) is 0 Å². The molecule has 0 saturated carbocycles. The number of nitrogens with one attached hydrogen (secondary N) is 2. The molecule has 2 N–H and O–H groups in total. The molecule has 0 aliphatic heterocycles. The normalized spacial score (nSPS) is 12.0. The Morgan fingerprint density at radius 3 is 2.37 bits per heavy atom. The van der Waals surface area contributed by atoms with Gasteiger partial charge in [-0.1, -0.05) is 31.8 Å². The Kier molecular flexibility index (Phi) is 12.7. The van der Waals surface area contributed by atoms with Gasteiger partial charge in [0.2, 0.25) is 15.9 Å². The number of unbranched alkanes of at least 4 members (excludes halogenated alkanes) is 1. The molecule has 0 bridgehead atoms. The molecule has 0 fully saturated rings. The van der Waals surface area contributed by atoms with Gasteiger partial charge >= 0.3 is 5.97 Å². The lowest BCUT2D eigenvalue weighted by molar-refractivity contribution is -0.154. The van der Waals surface area contributed by atoms with E-state index in [0.717, 1.165) is 6.04 Å². The van der Waals surface area contributed by atoms with Crippen molar-refractivity contribution in [2.45, 2.75) is 85.0 Å². The van der Waals surface area contributed by atoms with Gasteiger partial charge in [0, 0.05) is 32.4 Å². The molecule has 13 nitrogen and oxygen atoms in total. The van der Waals surface area contributed by atoms with Gasteiger partial charge in [0.1, 0.15) is 35.5 Å². The highest BCUT2D eigenvalue weighted by molar-refractivity contribution is 7.92. The van der Waals surface area contributed by atoms with E-state index in [-0.39, 0.29) is 24.0 Å². The maximum absolute atomic E-state index is 12.0. The molecular formula is C31H45N7O6SSi. The molecule has 0 atom stereocenters. The number of hydrogen-bond donors (Lipinski definition) is 2. The third-order valence-electron chi connectivity index (χ3n) is 6.41. The van der Waals surface area contributed by atoms with Crippen molar-refractivity contribution in [1.82, 2.24) is 19.7 Å². The number of esters is 1. The topological polar surface area (TPSA) is 170 Å². The van der Waals surface area contributed by atoms with Gasteiger partial charge in [0.05, 0.1) is 24.8 Å². The summed E-state index contributed by atoms with van der Waals surface area (Å²) in [5, 5.41) is 18.0. The maximum Gasteiger partial charge on any atom is 0.306 e. The zero-order chi connectivity index (χ0) is 34.0. The summed E-state index contributed by atoms with van der Waals surface area (Å²) in [5.41, 5.74) is 1.21. The summed E-state index contributed by atoms with van der Waals surface area (Å²) in [5.74, 6) is 0.793. The molecule has 0 radical (unpaired) electrons. The fourth-order valence-electron chi connectivity index (χ4n) is 3.98. The Balaban J connectivity index is 1.73. The van der Waals surface area contributed by atoms with Crippen molar-refractivity contribution in [2.75, 3.05) is 29.0 Å². The van der Waals surface area contributed by atoms with Crippen LogP contribution in [0.25, 0.3) is 11.3 Å². The molecule has 3 rings (SSSR count). The minimum absolute atomic E-state index is 0.0453. The molecule has 0 saturated heterocycles. The molecule has 2 aromatic heterocycles. The molecule has 0 aliphatic carbocycles. The van der Waals surface area contributed by atoms with E-state index in [4.69, 9.17) is 14.2 Å². The third kappa shape index (κ3) is 12.1. The van der Waals surface area contributed by atoms with Crippen LogP contribution in [0.4, 0.5) is 17.3 Å². The first-order valence-corrected chi connectivity index (χ1v) is 20.6. The summed E-state index contributed by atoms with van der Waals surface area (Å²) in [6.07, 6.45) is 4.56. The van der Waals surface area contributed by atoms with Gasteiger partial charge in [-0.3, -0.25) is 9.52 Å². The van der Waals surface area contributed by atoms with E-state index < -0.39 is 23.7 Å². The van der Waals surface area contributed by atoms with Crippen LogP contribution in [0, 0.1) is 11.3 Å². The number of sulfonamides is 1. The van der Waals surface area contributed by atoms with E-state index in [1.807, 2.05) is 20.8 Å². The Labute approximate surface area is 272 Å². The molecule has 0 spiro atoms. The van der Waals surface area contributed by atoms with Crippen LogP contribution in [0.5, 0.6) is 5.88 Å². The molecule has 2 heterocycles. The van der Waals surface area contributed by atoms with Crippen molar-refractivity contribution in [3.63, 3.8) is 0 Å². The lowest BCUT2D eigenvalue weighted by atomic mass is 10.1. The number of nitriles is 1. The van der Waals surface area contributed by atoms with E-state index in [2.05, 4.69) is 50.8 Å². The molecule has 3 aromatic rings. The van der Waals surface area contributed by atoms with Crippen molar-refractivity contribution >= 4 is 41.4 Å². The molecule has 0 unspecified atom stereocenters. The van der Waals surface area contributed by atoms with E-state index in [9.17, 15) is 18.5 Å². The standard InChI is InChI=1S/C31H45N7O6SSi/c1-8-45(40,41)37-24-14-12-23(13-15-24)29-25(19-32)30(38(36-29)22-42-17-18-46(5,6)7)35-26-20-34-27(21-33-26)43-16-10-9-11-28(39)44-31(2,3)4/h12-15,20-21,37H,8-11,16-18,22H2,1-7H3,(H,33,35). The maximum atomic E-state index is 12.0. The number of ether oxygens (including phenoxy) is 3. The summed E-state index contributed by atoms with van der Waals surface area (Å²) in [4.78, 5) is 20.6. The molecule has 15 heteroatoms. The first-order chi connectivity index (χ1) is 21.6. The number of aromatic nitrogens is 4. The number of anilines is 3. The van der Waals surface area contributed by atoms with Crippen LogP contribution >= 0.6 is 0 Å². The summed E-state index contributed by atoms with van der Waals surface area (Å²) < 4.78 is 45.0. The van der Waals surface area contributed by atoms with Gasteiger partial charge in [0.15, 0.2) is 5.82 Å². The Morgan fingerprint density at radius 2 is 1.78 bits per heavy atom. The fourth-order valence-corrected chi connectivity index (χ4v) is 5.38. The SMILES string of the molecule is CCS(=O)(=O)Nc1ccc(-c2nn(COCC[Si](C)(C)C)c(Nc3cnc(OCCCCC(=O)OC(C)(C)C)cn3)c2C#N)cc1. The number of carbonyl (C=O) groups excluding carboxylic acids is 1. The highest BCUT2D eigenvalue weighted by Gasteiger charge is 2.21. The summed E-state index contributed by atoms with van der Waals surface area (Å²) in [7, 11) is -4.74. The molecule has 0 amide bonds. The number of nitrogens with zero attached hydrogens (tertiary/aromatic N) is 5. The number of rotatable bonds is 17. The molecular weight excluding hydrogens is 627 g/mol. The minimum atomic E-state index is -3.43. The molecule has 0 aliphatic rings. The van der Waals surface area contributed by atoms with Gasteiger partial charge in [-0.2, -0.15) is 10.4 Å². The minimum Gasteiger partial charge on any atom is -0.477 e. The van der Waals surface area contributed by atoms with Crippen LogP contribution in [-0.2, 0) is 31.0 Å². The van der Waals surface area contributed by atoms with Crippen LogP contribution in [0.1, 0.15) is 52.5 Å². The highest BCUT2D eigenvalue weighted by atomic mass is 32.2. The van der Waals surface area contributed by atoms with Crippen molar-refractivity contribution in [3.05, 3.63) is 42.2 Å². The van der Waals surface area contributed by atoms with E-state index in [1.165, 1.54) is 12.4 Å². The van der Waals surface area contributed by atoms with Gasteiger partial charge < -0.3 is 19.5 Å². The van der Waals surface area contributed by atoms with Crippen molar-refractivity contribution in [3.8, 4) is 23.2 Å². The van der Waals surface area contributed by atoms with Crippen LogP contribution in [0.3, 0.4) is 0 Å². The zero-order valence-electron chi connectivity index (χ0n) is 27.7. The molecule has 46 heavy (non-hydrogen) atoms. The lowest BCUT2D eigenvalue weighted by Gasteiger charge is -2.19. The van der Waals surface area contributed by atoms with Crippen LogP contribution in [0.15, 0.2) is 36.7 Å². The second kappa shape index (κ2) is 16.0. The average Bonchev–Trinajstić information content (AvgIpc) is 3.31. The van der Waals surface area contributed by atoms with E-state index >= 15 is 0 Å². The lowest BCUT2D eigenvalue weighted by Crippen LogP contribution is -2.23. The van der Waals surface area contributed by atoms with Gasteiger partial charge in [-0.25, -0.2) is 23.1 Å². The van der Waals surface area contributed by atoms with Gasteiger partial charge in [-0.05, 0) is 58.7 Å². The monoisotopic (exact) mass is 671 g/mol.